The lowest BCUT2D eigenvalue weighted by Gasteiger charge is -2.17. The SMILES string of the molecule is CC(C)(O)c1cccc(Cn2cc(-c3nc(N)nc4c(C(F)F)csc34)nn2)n1. The second kappa shape index (κ2) is 7.08. The van der Waals surface area contributed by atoms with Crippen LogP contribution in [0.25, 0.3) is 21.6 Å². The van der Waals surface area contributed by atoms with Gasteiger partial charge >= 0.3 is 0 Å². The third-order valence-corrected chi connectivity index (χ3v) is 5.23. The molecule has 4 heterocycles. The summed E-state index contributed by atoms with van der Waals surface area (Å²) in [4.78, 5) is 12.6. The maximum absolute atomic E-state index is 13.2. The molecule has 0 fully saturated rings. The Labute approximate surface area is 168 Å². The van der Waals surface area contributed by atoms with Gasteiger partial charge in [-0.05, 0) is 26.0 Å². The molecule has 8 nitrogen and oxygen atoms in total. The zero-order valence-corrected chi connectivity index (χ0v) is 16.4. The van der Waals surface area contributed by atoms with E-state index in [2.05, 4.69) is 25.3 Å². The summed E-state index contributed by atoms with van der Waals surface area (Å²) in [5.41, 5.74) is 6.59. The second-order valence-electron chi connectivity index (χ2n) is 6.97. The number of fused-ring (bicyclic) bond motifs is 1. The van der Waals surface area contributed by atoms with Crippen molar-refractivity contribution in [2.24, 2.45) is 0 Å². The maximum atomic E-state index is 13.2. The van der Waals surface area contributed by atoms with Crippen LogP contribution in [-0.4, -0.2) is 35.1 Å². The number of alkyl halides is 2. The lowest BCUT2D eigenvalue weighted by molar-refractivity contribution is 0.0736. The molecule has 11 heteroatoms. The summed E-state index contributed by atoms with van der Waals surface area (Å²) in [5, 5.41) is 19.7. The minimum atomic E-state index is -2.66. The number of aromatic nitrogens is 6. The van der Waals surface area contributed by atoms with E-state index in [0.717, 1.165) is 11.3 Å². The largest absolute Gasteiger partial charge is 0.384 e. The van der Waals surface area contributed by atoms with E-state index in [9.17, 15) is 13.9 Å². The molecular formula is C18H17F2N7OS. The van der Waals surface area contributed by atoms with Crippen molar-refractivity contribution in [3.63, 3.8) is 0 Å². The highest BCUT2D eigenvalue weighted by Gasteiger charge is 2.21. The number of nitrogen functional groups attached to an aromatic ring is 1. The molecule has 29 heavy (non-hydrogen) atoms. The van der Waals surface area contributed by atoms with Crippen molar-refractivity contribution in [1.29, 1.82) is 0 Å². The lowest BCUT2D eigenvalue weighted by atomic mass is 10.0. The molecule has 0 aliphatic carbocycles. The number of anilines is 1. The summed E-state index contributed by atoms with van der Waals surface area (Å²) in [6.45, 7) is 3.63. The van der Waals surface area contributed by atoms with Crippen molar-refractivity contribution < 1.29 is 13.9 Å². The topological polar surface area (TPSA) is 116 Å². The molecule has 4 rings (SSSR count). The summed E-state index contributed by atoms with van der Waals surface area (Å²) < 4.78 is 28.4. The van der Waals surface area contributed by atoms with Crippen LogP contribution >= 0.6 is 11.3 Å². The van der Waals surface area contributed by atoms with Gasteiger partial charge < -0.3 is 10.8 Å². The highest BCUT2D eigenvalue weighted by Crippen LogP contribution is 2.36. The van der Waals surface area contributed by atoms with Crippen molar-refractivity contribution in [3.8, 4) is 11.4 Å². The standard InChI is InChI=1S/C18H17F2N7OS/c1-18(2,28)12-5-3-4-9(22-12)6-27-7-11(25-26-27)14-15-13(23-17(21)24-14)10(8-29-15)16(19)20/h3-5,7-8,16,28H,6H2,1-2H3,(H2,21,23,24). The molecule has 4 aromatic heterocycles. The van der Waals surface area contributed by atoms with Gasteiger partial charge in [0.2, 0.25) is 5.95 Å². The Balaban J connectivity index is 1.68. The van der Waals surface area contributed by atoms with Gasteiger partial charge in [0.25, 0.3) is 6.43 Å². The molecule has 150 valence electrons. The molecule has 4 aromatic rings. The Hall–Kier alpha value is -3.05. The zero-order chi connectivity index (χ0) is 20.8. The Bertz CT molecular complexity index is 1180. The molecule has 0 radical (unpaired) electrons. The van der Waals surface area contributed by atoms with E-state index in [-0.39, 0.29) is 17.0 Å². The summed E-state index contributed by atoms with van der Waals surface area (Å²) in [7, 11) is 0. The minimum absolute atomic E-state index is 0.109. The second-order valence-corrected chi connectivity index (χ2v) is 7.85. The van der Waals surface area contributed by atoms with E-state index >= 15 is 0 Å². The Kier molecular flexibility index (Phi) is 4.71. The smallest absolute Gasteiger partial charge is 0.266 e. The van der Waals surface area contributed by atoms with Crippen molar-refractivity contribution in [2.45, 2.75) is 32.4 Å². The van der Waals surface area contributed by atoms with E-state index in [1.54, 1.807) is 36.9 Å². The molecule has 0 unspecified atom stereocenters. The van der Waals surface area contributed by atoms with E-state index in [0.29, 0.717) is 34.0 Å². The highest BCUT2D eigenvalue weighted by molar-refractivity contribution is 7.17. The van der Waals surface area contributed by atoms with Crippen molar-refractivity contribution in [3.05, 3.63) is 46.7 Å². The number of hydrogen-bond donors (Lipinski definition) is 2. The number of nitrogens with zero attached hydrogens (tertiary/aromatic N) is 6. The van der Waals surface area contributed by atoms with Crippen LogP contribution in [0.3, 0.4) is 0 Å². The molecule has 0 aliphatic heterocycles. The van der Waals surface area contributed by atoms with Crippen LogP contribution < -0.4 is 5.73 Å². The van der Waals surface area contributed by atoms with Gasteiger partial charge in [-0.25, -0.2) is 23.4 Å². The highest BCUT2D eigenvalue weighted by atomic mass is 32.1. The van der Waals surface area contributed by atoms with Crippen molar-refractivity contribution in [2.75, 3.05) is 5.73 Å². The van der Waals surface area contributed by atoms with Gasteiger partial charge in [0.1, 0.15) is 17.0 Å². The average Bonchev–Trinajstić information content (AvgIpc) is 3.27. The fraction of sp³-hybridized carbons (Fsp3) is 0.278. The molecule has 0 saturated heterocycles. The minimum Gasteiger partial charge on any atom is -0.384 e. The van der Waals surface area contributed by atoms with Crippen LogP contribution in [0.1, 0.15) is 37.2 Å². The van der Waals surface area contributed by atoms with Gasteiger partial charge in [0, 0.05) is 5.38 Å². The Morgan fingerprint density at radius 1 is 1.24 bits per heavy atom. The fourth-order valence-corrected chi connectivity index (χ4v) is 3.84. The monoisotopic (exact) mass is 417 g/mol. The number of nitrogens with two attached hydrogens (primary N) is 1. The number of thiophene rings is 1. The molecule has 0 amide bonds. The van der Waals surface area contributed by atoms with Crippen LogP contribution in [0.15, 0.2) is 29.8 Å². The van der Waals surface area contributed by atoms with E-state index in [4.69, 9.17) is 5.73 Å². The van der Waals surface area contributed by atoms with Crippen LogP contribution in [0, 0.1) is 0 Å². The Morgan fingerprint density at radius 2 is 2.03 bits per heavy atom. The van der Waals surface area contributed by atoms with Crippen LogP contribution in [0.4, 0.5) is 14.7 Å². The summed E-state index contributed by atoms with van der Waals surface area (Å²) >= 11 is 1.11. The number of hydrogen-bond acceptors (Lipinski definition) is 8. The first-order valence-corrected chi connectivity index (χ1v) is 9.52. The van der Waals surface area contributed by atoms with Crippen LogP contribution in [-0.2, 0) is 12.1 Å². The average molecular weight is 417 g/mol. The van der Waals surface area contributed by atoms with E-state index < -0.39 is 12.0 Å². The van der Waals surface area contributed by atoms with E-state index in [1.165, 1.54) is 5.38 Å². The third-order valence-electron chi connectivity index (χ3n) is 4.23. The third kappa shape index (κ3) is 3.78. The quantitative estimate of drug-likeness (QED) is 0.512. The number of rotatable bonds is 5. The molecular weight excluding hydrogens is 400 g/mol. The molecule has 0 aromatic carbocycles. The van der Waals surface area contributed by atoms with Gasteiger partial charge in [-0.2, -0.15) is 0 Å². The van der Waals surface area contributed by atoms with Gasteiger partial charge in [0.15, 0.2) is 0 Å². The van der Waals surface area contributed by atoms with Gasteiger partial charge in [-0.15, -0.1) is 16.4 Å². The Morgan fingerprint density at radius 3 is 2.76 bits per heavy atom. The molecule has 0 saturated carbocycles. The lowest BCUT2D eigenvalue weighted by Crippen LogP contribution is -2.18. The van der Waals surface area contributed by atoms with Gasteiger partial charge in [0.05, 0.1) is 39.9 Å². The van der Waals surface area contributed by atoms with E-state index in [1.807, 2.05) is 6.07 Å². The number of aliphatic hydroxyl groups is 1. The zero-order valence-electron chi connectivity index (χ0n) is 15.5. The van der Waals surface area contributed by atoms with Crippen molar-refractivity contribution >= 4 is 27.5 Å². The fourth-order valence-electron chi connectivity index (χ4n) is 2.84. The molecule has 0 aliphatic rings. The van der Waals surface area contributed by atoms with Gasteiger partial charge in [-0.3, -0.25) is 4.98 Å². The molecule has 3 N–H and O–H groups in total. The number of halogens is 2. The first-order valence-electron chi connectivity index (χ1n) is 8.64. The van der Waals surface area contributed by atoms with Gasteiger partial charge in [-0.1, -0.05) is 11.3 Å². The van der Waals surface area contributed by atoms with Crippen molar-refractivity contribution in [1.82, 2.24) is 29.9 Å². The molecule has 0 bridgehead atoms. The predicted octanol–water partition coefficient (Wildman–Crippen LogP) is 3.14. The summed E-state index contributed by atoms with van der Waals surface area (Å²) in [5.74, 6) is -0.109. The summed E-state index contributed by atoms with van der Waals surface area (Å²) in [6.07, 6.45) is -1.02. The number of pyridine rings is 1. The normalized spacial score (nSPS) is 12.2. The molecule has 0 spiro atoms. The first-order chi connectivity index (χ1) is 13.7. The maximum Gasteiger partial charge on any atom is 0.266 e. The first kappa shape index (κ1) is 19.3. The predicted molar refractivity (Wildman–Crippen MR) is 104 cm³/mol. The van der Waals surface area contributed by atoms with Crippen LogP contribution in [0.5, 0.6) is 0 Å². The molecule has 0 atom stereocenters. The summed E-state index contributed by atoms with van der Waals surface area (Å²) in [6, 6.07) is 5.36. The van der Waals surface area contributed by atoms with Crippen LogP contribution in [0.2, 0.25) is 0 Å².